The van der Waals surface area contributed by atoms with Crippen molar-refractivity contribution in [3.8, 4) is 0 Å². The van der Waals surface area contributed by atoms with Gasteiger partial charge in [-0.1, -0.05) is 48.5 Å². The molecule has 0 aliphatic rings. The second-order valence-corrected chi connectivity index (χ2v) is 6.80. The highest BCUT2D eigenvalue weighted by Gasteiger charge is 2.39. The minimum Gasteiger partial charge on any atom is -0.466 e. The van der Waals surface area contributed by atoms with Gasteiger partial charge in [0.2, 0.25) is 0 Å². The molecule has 4 heteroatoms. The Morgan fingerprint density at radius 2 is 1.74 bits per heavy atom. The van der Waals surface area contributed by atoms with Gasteiger partial charge < -0.3 is 10.5 Å². The van der Waals surface area contributed by atoms with Crippen LogP contribution in [0.4, 0.5) is 0 Å². The lowest BCUT2D eigenvalue weighted by atomic mass is 9.76. The third-order valence-corrected chi connectivity index (χ3v) is 5.02. The molecule has 0 heterocycles. The molecule has 23 heavy (non-hydrogen) atoms. The number of carbonyl (C=O) groups is 1. The maximum absolute atomic E-state index is 12.7. The quantitative estimate of drug-likeness (QED) is 0.547. The minimum atomic E-state index is -0.737. The summed E-state index contributed by atoms with van der Waals surface area (Å²) in [5.74, 6) is -0.217. The molecule has 0 fully saturated rings. The molecule has 0 saturated heterocycles. The van der Waals surface area contributed by atoms with E-state index in [0.29, 0.717) is 19.4 Å². The number of nitrogens with two attached hydrogens (primary N) is 1. The molecule has 1 atom stereocenters. The van der Waals surface area contributed by atoms with Gasteiger partial charge in [0.05, 0.1) is 12.0 Å². The van der Waals surface area contributed by atoms with Gasteiger partial charge >= 0.3 is 5.97 Å². The molecule has 0 saturated carbocycles. The van der Waals surface area contributed by atoms with E-state index >= 15 is 0 Å². The second kappa shape index (κ2) is 8.45. The SMILES string of the molecule is CCOC(=O)[C@](CN)(Cc1ccccc1)Cc1ccccc1I. The van der Waals surface area contributed by atoms with Crippen LogP contribution in [0.2, 0.25) is 0 Å². The Morgan fingerprint density at radius 3 is 2.35 bits per heavy atom. The summed E-state index contributed by atoms with van der Waals surface area (Å²) in [5, 5.41) is 0. The molecule has 0 radical (unpaired) electrons. The van der Waals surface area contributed by atoms with Gasteiger partial charge in [-0.05, 0) is 59.5 Å². The smallest absolute Gasteiger partial charge is 0.314 e. The van der Waals surface area contributed by atoms with Gasteiger partial charge in [-0.25, -0.2) is 0 Å². The molecule has 0 amide bonds. The van der Waals surface area contributed by atoms with Crippen molar-refractivity contribution < 1.29 is 9.53 Å². The number of halogens is 1. The molecule has 0 aromatic heterocycles. The maximum Gasteiger partial charge on any atom is 0.314 e. The van der Waals surface area contributed by atoms with Crippen molar-refractivity contribution in [3.63, 3.8) is 0 Å². The number of hydrogen-bond acceptors (Lipinski definition) is 3. The average Bonchev–Trinajstić information content (AvgIpc) is 2.57. The predicted octanol–water partition coefficient (Wildman–Crippen LogP) is 3.58. The first kappa shape index (κ1) is 17.9. The molecule has 0 unspecified atom stereocenters. The van der Waals surface area contributed by atoms with Crippen LogP contribution in [0.1, 0.15) is 18.1 Å². The molecule has 2 rings (SSSR count). The maximum atomic E-state index is 12.7. The average molecular weight is 423 g/mol. The van der Waals surface area contributed by atoms with E-state index in [1.165, 1.54) is 0 Å². The summed E-state index contributed by atoms with van der Waals surface area (Å²) in [5.41, 5.74) is 7.57. The van der Waals surface area contributed by atoms with Crippen molar-refractivity contribution in [2.75, 3.05) is 13.2 Å². The fourth-order valence-electron chi connectivity index (χ4n) is 2.71. The van der Waals surface area contributed by atoms with Crippen LogP contribution in [-0.2, 0) is 22.4 Å². The molecule has 0 aliphatic carbocycles. The number of rotatable bonds is 7. The first-order valence-electron chi connectivity index (χ1n) is 7.76. The van der Waals surface area contributed by atoms with Crippen molar-refractivity contribution >= 4 is 28.6 Å². The summed E-state index contributed by atoms with van der Waals surface area (Å²) in [6, 6.07) is 18.1. The van der Waals surface area contributed by atoms with E-state index in [2.05, 4.69) is 28.7 Å². The minimum absolute atomic E-state index is 0.217. The number of hydrogen-bond donors (Lipinski definition) is 1. The molecule has 2 N–H and O–H groups in total. The van der Waals surface area contributed by atoms with Gasteiger partial charge in [0.1, 0.15) is 0 Å². The second-order valence-electron chi connectivity index (χ2n) is 5.64. The molecular formula is C19H22INO2. The molecule has 3 nitrogen and oxygen atoms in total. The molecule has 0 aliphatic heterocycles. The molecule has 2 aromatic carbocycles. The van der Waals surface area contributed by atoms with Crippen LogP contribution in [0.3, 0.4) is 0 Å². The summed E-state index contributed by atoms with van der Waals surface area (Å²) >= 11 is 2.30. The Labute approximate surface area is 151 Å². The first-order valence-corrected chi connectivity index (χ1v) is 8.84. The van der Waals surface area contributed by atoms with Gasteiger partial charge in [-0.15, -0.1) is 0 Å². The van der Waals surface area contributed by atoms with E-state index in [-0.39, 0.29) is 12.5 Å². The summed E-state index contributed by atoms with van der Waals surface area (Å²) in [4.78, 5) is 12.7. The fraction of sp³-hybridized carbons (Fsp3) is 0.316. The van der Waals surface area contributed by atoms with E-state index in [4.69, 9.17) is 10.5 Å². The predicted molar refractivity (Wildman–Crippen MR) is 101 cm³/mol. The zero-order valence-electron chi connectivity index (χ0n) is 13.3. The van der Waals surface area contributed by atoms with Crippen molar-refractivity contribution in [2.24, 2.45) is 11.1 Å². The van der Waals surface area contributed by atoms with Crippen LogP contribution in [0.25, 0.3) is 0 Å². The van der Waals surface area contributed by atoms with E-state index < -0.39 is 5.41 Å². The number of esters is 1. The number of ether oxygens (including phenoxy) is 1. The first-order chi connectivity index (χ1) is 11.1. The lowest BCUT2D eigenvalue weighted by Gasteiger charge is -2.31. The summed E-state index contributed by atoms with van der Waals surface area (Å²) in [6.07, 6.45) is 1.16. The lowest BCUT2D eigenvalue weighted by Crippen LogP contribution is -2.44. The molecular weight excluding hydrogens is 401 g/mol. The van der Waals surface area contributed by atoms with Crippen molar-refractivity contribution in [1.29, 1.82) is 0 Å². The lowest BCUT2D eigenvalue weighted by molar-refractivity contribution is -0.154. The summed E-state index contributed by atoms with van der Waals surface area (Å²) < 4.78 is 6.50. The van der Waals surface area contributed by atoms with Crippen molar-refractivity contribution in [2.45, 2.75) is 19.8 Å². The highest BCUT2D eigenvalue weighted by atomic mass is 127. The highest BCUT2D eigenvalue weighted by Crippen LogP contribution is 2.30. The summed E-state index contributed by atoms with van der Waals surface area (Å²) in [6.45, 7) is 2.45. The van der Waals surface area contributed by atoms with Gasteiger partial charge in [0.25, 0.3) is 0 Å². The zero-order valence-corrected chi connectivity index (χ0v) is 15.5. The van der Waals surface area contributed by atoms with Crippen LogP contribution in [0.5, 0.6) is 0 Å². The van der Waals surface area contributed by atoms with Crippen LogP contribution in [0.15, 0.2) is 54.6 Å². The van der Waals surface area contributed by atoms with Gasteiger partial charge in [0, 0.05) is 10.1 Å². The normalized spacial score (nSPS) is 13.3. The fourth-order valence-corrected chi connectivity index (χ4v) is 3.29. The molecule has 2 aromatic rings. The van der Waals surface area contributed by atoms with Gasteiger partial charge in [-0.3, -0.25) is 4.79 Å². The van der Waals surface area contributed by atoms with Crippen LogP contribution in [0, 0.1) is 8.99 Å². The molecule has 0 bridgehead atoms. The number of benzene rings is 2. The van der Waals surface area contributed by atoms with Crippen LogP contribution < -0.4 is 5.73 Å². The van der Waals surface area contributed by atoms with Crippen LogP contribution in [-0.4, -0.2) is 19.1 Å². The highest BCUT2D eigenvalue weighted by molar-refractivity contribution is 14.1. The van der Waals surface area contributed by atoms with E-state index in [1.807, 2.05) is 55.5 Å². The van der Waals surface area contributed by atoms with Gasteiger partial charge in [-0.2, -0.15) is 0 Å². The largest absolute Gasteiger partial charge is 0.466 e. The van der Waals surface area contributed by atoms with Crippen molar-refractivity contribution in [3.05, 3.63) is 69.3 Å². The van der Waals surface area contributed by atoms with E-state index in [0.717, 1.165) is 14.7 Å². The Bertz CT molecular complexity index is 645. The third-order valence-electron chi connectivity index (χ3n) is 3.97. The summed E-state index contributed by atoms with van der Waals surface area (Å²) in [7, 11) is 0. The Balaban J connectivity index is 2.37. The topological polar surface area (TPSA) is 52.3 Å². The Kier molecular flexibility index (Phi) is 6.59. The standard InChI is InChI=1S/C19H22INO2/c1-2-23-18(22)19(14-21,12-15-8-4-3-5-9-15)13-16-10-6-7-11-17(16)20/h3-11H,2,12-14,21H2,1H3/t19-/m1/s1. The zero-order chi connectivity index (χ0) is 16.7. The third kappa shape index (κ3) is 4.54. The Hall–Kier alpha value is -1.40. The van der Waals surface area contributed by atoms with Gasteiger partial charge in [0.15, 0.2) is 0 Å². The van der Waals surface area contributed by atoms with E-state index in [9.17, 15) is 4.79 Å². The Morgan fingerprint density at radius 1 is 1.09 bits per heavy atom. The van der Waals surface area contributed by atoms with Crippen molar-refractivity contribution in [1.82, 2.24) is 0 Å². The molecule has 122 valence electrons. The molecule has 0 spiro atoms. The van der Waals surface area contributed by atoms with E-state index in [1.54, 1.807) is 0 Å². The number of carbonyl (C=O) groups excluding carboxylic acids is 1. The monoisotopic (exact) mass is 423 g/mol. The van der Waals surface area contributed by atoms with Crippen LogP contribution >= 0.6 is 22.6 Å².